The number of hydrogen-bond donors (Lipinski definition) is 2. The highest BCUT2D eigenvalue weighted by Gasteiger charge is 2.22. The van der Waals surface area contributed by atoms with Crippen LogP contribution < -0.4 is 5.43 Å². The van der Waals surface area contributed by atoms with E-state index in [-0.39, 0.29) is 5.84 Å². The molecule has 0 radical (unpaired) electrons. The van der Waals surface area contributed by atoms with Gasteiger partial charge in [-0.05, 0) is 47.5 Å². The molecule has 3 heterocycles. The van der Waals surface area contributed by atoms with Crippen molar-refractivity contribution in [3.05, 3.63) is 248 Å². The second kappa shape index (κ2) is 16.7. The second-order valence-electron chi connectivity index (χ2n) is 16.5. The molecule has 0 spiro atoms. The summed E-state index contributed by atoms with van der Waals surface area (Å²) >= 11 is 0. The third-order valence-electron chi connectivity index (χ3n) is 12.5. The van der Waals surface area contributed by atoms with Gasteiger partial charge in [-0.1, -0.05) is 200 Å². The molecule has 0 unspecified atom stereocenters. The first-order valence-electron chi connectivity index (χ1n) is 22.4. The molecule has 12 aromatic rings. The molecule has 2 N–H and O–H groups in total. The van der Waals surface area contributed by atoms with E-state index in [1.807, 2.05) is 72.8 Å². The number of amidine groups is 2. The van der Waals surface area contributed by atoms with E-state index >= 15 is 0 Å². The van der Waals surface area contributed by atoms with E-state index in [9.17, 15) is 0 Å². The number of nitrogens with one attached hydrogen (secondary N) is 2. The lowest BCUT2D eigenvalue weighted by Gasteiger charge is -2.16. The van der Waals surface area contributed by atoms with Gasteiger partial charge in [-0.3, -0.25) is 15.5 Å². The first kappa shape index (κ1) is 39.4. The summed E-state index contributed by atoms with van der Waals surface area (Å²) in [4.78, 5) is 15.5. The van der Waals surface area contributed by atoms with Crippen LogP contribution in [0.15, 0.2) is 242 Å². The van der Waals surface area contributed by atoms with E-state index in [0.29, 0.717) is 11.7 Å². The summed E-state index contributed by atoms with van der Waals surface area (Å²) in [5, 5.41) is 13.4. The molecule has 9 aromatic carbocycles. The van der Waals surface area contributed by atoms with Gasteiger partial charge in [0.1, 0.15) is 0 Å². The molecule has 316 valence electrons. The molecule has 0 aliphatic carbocycles. The molecule has 7 heteroatoms. The molecule has 0 saturated carbocycles. The number of fused-ring (bicyclic) bond motifs is 6. The zero-order chi connectivity index (χ0) is 44.7. The Bertz CT molecular complexity index is 3820. The van der Waals surface area contributed by atoms with Crippen molar-refractivity contribution in [3.8, 4) is 50.7 Å². The Morgan fingerprint density at radius 2 is 0.910 bits per heavy atom. The van der Waals surface area contributed by atoms with Gasteiger partial charge in [0.15, 0.2) is 17.5 Å². The van der Waals surface area contributed by atoms with Gasteiger partial charge in [0, 0.05) is 49.4 Å². The first-order valence-corrected chi connectivity index (χ1v) is 22.4. The summed E-state index contributed by atoms with van der Waals surface area (Å²) in [5.41, 5.74) is 17.4. The van der Waals surface area contributed by atoms with Crippen LogP contribution in [0.3, 0.4) is 0 Å². The number of nitrogens with zero attached hydrogens (tertiary/aromatic N) is 5. The Morgan fingerprint density at radius 1 is 0.403 bits per heavy atom. The van der Waals surface area contributed by atoms with E-state index in [1.54, 1.807) is 0 Å². The lowest BCUT2D eigenvalue weighted by atomic mass is 10.0. The summed E-state index contributed by atoms with van der Waals surface area (Å²) < 4.78 is 4.50. The Kier molecular flexibility index (Phi) is 9.84. The maximum Gasteiger partial charge on any atom is 0.160 e. The van der Waals surface area contributed by atoms with Crippen molar-refractivity contribution in [2.75, 3.05) is 5.43 Å². The standard InChI is InChI=1S/C60H41N7/c61-58(43-23-9-3-10-24-43)64-60(44-25-11-4-12-26-44)65-67-55-32-18-14-28-47(55)50-37-56-49(38-57(50)67)46-27-13-16-30-53(46)66(56)54-31-17-15-29-48(54)52-39-51(42-21-7-2-8-22-42)62-59(63-52)45-35-33-41(34-36-45)40-19-5-1-6-20-40/h1-39H,(H2,61,64,65). The van der Waals surface area contributed by atoms with Crippen molar-refractivity contribution in [1.29, 1.82) is 5.41 Å². The van der Waals surface area contributed by atoms with Crippen LogP contribution in [0.2, 0.25) is 0 Å². The molecule has 0 saturated heterocycles. The van der Waals surface area contributed by atoms with Crippen LogP contribution in [0.4, 0.5) is 0 Å². The monoisotopic (exact) mass is 859 g/mol. The molecular formula is C60H41N7. The normalized spacial score (nSPS) is 11.7. The smallest absolute Gasteiger partial charge is 0.160 e. The fourth-order valence-electron chi connectivity index (χ4n) is 9.24. The van der Waals surface area contributed by atoms with Crippen LogP contribution in [0.25, 0.3) is 94.3 Å². The minimum atomic E-state index is 0.171. The highest BCUT2D eigenvalue weighted by molar-refractivity contribution is 6.20. The molecular weight excluding hydrogens is 819 g/mol. The summed E-state index contributed by atoms with van der Waals surface area (Å²) in [6.07, 6.45) is 0. The van der Waals surface area contributed by atoms with E-state index in [4.69, 9.17) is 20.4 Å². The average molecular weight is 860 g/mol. The third kappa shape index (κ3) is 7.21. The predicted molar refractivity (Wildman–Crippen MR) is 277 cm³/mol. The van der Waals surface area contributed by atoms with Gasteiger partial charge >= 0.3 is 0 Å². The molecule has 0 aliphatic rings. The molecule has 12 rings (SSSR count). The van der Waals surface area contributed by atoms with Gasteiger partial charge in [0.2, 0.25) is 0 Å². The Hall–Kier alpha value is -9.20. The molecule has 0 bridgehead atoms. The maximum absolute atomic E-state index is 9.03. The van der Waals surface area contributed by atoms with Crippen LogP contribution in [-0.2, 0) is 0 Å². The summed E-state index contributed by atoms with van der Waals surface area (Å²) in [6, 6.07) is 81.3. The molecule has 0 atom stereocenters. The molecule has 0 amide bonds. The van der Waals surface area contributed by atoms with Gasteiger partial charge in [0.05, 0.1) is 39.1 Å². The van der Waals surface area contributed by atoms with Gasteiger partial charge in [-0.2, -0.15) is 0 Å². The maximum atomic E-state index is 9.03. The summed E-state index contributed by atoms with van der Waals surface area (Å²) in [6.45, 7) is 0. The fourth-order valence-corrected chi connectivity index (χ4v) is 9.24. The van der Waals surface area contributed by atoms with Crippen LogP contribution in [-0.4, -0.2) is 30.9 Å². The Morgan fingerprint density at radius 3 is 1.63 bits per heavy atom. The number of rotatable bonds is 8. The van der Waals surface area contributed by atoms with Gasteiger partial charge in [-0.25, -0.2) is 15.0 Å². The average Bonchev–Trinajstić information content (AvgIpc) is 3.89. The van der Waals surface area contributed by atoms with Crippen LogP contribution in [0, 0.1) is 5.41 Å². The minimum Gasteiger partial charge on any atom is -0.309 e. The van der Waals surface area contributed by atoms with Gasteiger partial charge < -0.3 is 4.57 Å². The minimum absolute atomic E-state index is 0.171. The third-order valence-corrected chi connectivity index (χ3v) is 12.5. The first-order chi connectivity index (χ1) is 33.1. The molecule has 67 heavy (non-hydrogen) atoms. The fraction of sp³-hybridized carbons (Fsp3) is 0. The lowest BCUT2D eigenvalue weighted by molar-refractivity contribution is 1.08. The largest absolute Gasteiger partial charge is 0.309 e. The second-order valence-corrected chi connectivity index (χ2v) is 16.5. The molecule has 3 aromatic heterocycles. The van der Waals surface area contributed by atoms with Crippen molar-refractivity contribution in [2.45, 2.75) is 0 Å². The van der Waals surface area contributed by atoms with Crippen molar-refractivity contribution in [3.63, 3.8) is 0 Å². The lowest BCUT2D eigenvalue weighted by Crippen LogP contribution is -2.25. The topological polar surface area (TPSA) is 83.9 Å². The van der Waals surface area contributed by atoms with E-state index in [0.717, 1.165) is 99.6 Å². The van der Waals surface area contributed by atoms with E-state index < -0.39 is 0 Å². The van der Waals surface area contributed by atoms with E-state index in [1.165, 1.54) is 0 Å². The van der Waals surface area contributed by atoms with Crippen molar-refractivity contribution in [1.82, 2.24) is 19.2 Å². The molecule has 0 aliphatic heterocycles. The van der Waals surface area contributed by atoms with Gasteiger partial charge in [-0.15, -0.1) is 0 Å². The Labute approximate surface area is 387 Å². The number of aliphatic imine (C=N–C) groups is 1. The van der Waals surface area contributed by atoms with Crippen LogP contribution in [0.5, 0.6) is 0 Å². The Balaban J connectivity index is 1.04. The molecule has 7 nitrogen and oxygen atoms in total. The van der Waals surface area contributed by atoms with E-state index in [2.05, 4.69) is 178 Å². The zero-order valence-electron chi connectivity index (χ0n) is 36.3. The number of aromatic nitrogens is 4. The van der Waals surface area contributed by atoms with Crippen LogP contribution in [0.1, 0.15) is 11.1 Å². The van der Waals surface area contributed by atoms with Crippen molar-refractivity contribution >= 4 is 55.3 Å². The number of benzene rings is 9. The highest BCUT2D eigenvalue weighted by atomic mass is 15.4. The summed E-state index contributed by atoms with van der Waals surface area (Å²) in [5.74, 6) is 1.40. The quantitative estimate of drug-likeness (QED) is 0.118. The molecule has 0 fully saturated rings. The number of hydrogen-bond acceptors (Lipinski definition) is 3. The predicted octanol–water partition coefficient (Wildman–Crippen LogP) is 14.4. The summed E-state index contributed by atoms with van der Waals surface area (Å²) in [7, 11) is 0. The van der Waals surface area contributed by atoms with Crippen LogP contribution >= 0.6 is 0 Å². The number of para-hydroxylation sites is 3. The highest BCUT2D eigenvalue weighted by Crippen LogP contribution is 2.41. The van der Waals surface area contributed by atoms with Crippen molar-refractivity contribution < 1.29 is 0 Å². The van der Waals surface area contributed by atoms with Crippen molar-refractivity contribution in [2.24, 2.45) is 4.99 Å². The zero-order valence-corrected chi connectivity index (χ0v) is 36.3. The SMILES string of the molecule is N=C(/N=C(\Nn1c2ccccc2c2cc3c(cc21)c1ccccc1n3-c1ccccc1-c1cc(-c2ccccc2)nc(-c2ccc(-c3ccccc3)cc2)n1)c1ccccc1)c1ccccc1. The van der Waals surface area contributed by atoms with Gasteiger partial charge in [0.25, 0.3) is 0 Å².